The molecule has 0 amide bonds. The molecule has 0 nitrogen and oxygen atoms in total. The fourth-order valence-electron chi connectivity index (χ4n) is 5.77. The van der Waals surface area contributed by atoms with Crippen LogP contribution in [0, 0.1) is 0 Å². The molecule has 1 aliphatic carbocycles. The molecule has 0 bridgehead atoms. The topological polar surface area (TPSA) is 0 Å². The number of benzene rings is 5. The maximum Gasteiger partial charge on any atom is 0.0713 e. The highest BCUT2D eigenvalue weighted by molar-refractivity contribution is 5.88. The van der Waals surface area contributed by atoms with E-state index in [4.69, 9.17) is 0 Å². The molecule has 35 heavy (non-hydrogen) atoms. The maximum absolute atomic E-state index is 2.47. The Morgan fingerprint density at radius 2 is 0.943 bits per heavy atom. The van der Waals surface area contributed by atoms with Gasteiger partial charge in [0.2, 0.25) is 0 Å². The zero-order chi connectivity index (χ0) is 24.0. The molecule has 1 aliphatic rings. The van der Waals surface area contributed by atoms with Crippen molar-refractivity contribution >= 4 is 0 Å². The van der Waals surface area contributed by atoms with Gasteiger partial charge in [-0.25, -0.2) is 0 Å². The molecule has 5 aromatic rings. The van der Waals surface area contributed by atoms with E-state index in [0.29, 0.717) is 0 Å². The summed E-state index contributed by atoms with van der Waals surface area (Å²) in [6, 6.07) is 47.0. The summed E-state index contributed by atoms with van der Waals surface area (Å²) in [4.78, 5) is 0. The van der Waals surface area contributed by atoms with Crippen molar-refractivity contribution in [3.05, 3.63) is 155 Å². The molecule has 0 N–H and O–H groups in total. The number of fused-ring (bicyclic) bond motifs is 3. The number of rotatable bonds is 3. The van der Waals surface area contributed by atoms with Crippen LogP contribution in [0.1, 0.15) is 48.6 Å². The molecular formula is C35H30. The molecule has 170 valence electrons. The van der Waals surface area contributed by atoms with Crippen LogP contribution in [0.15, 0.2) is 127 Å². The third-order valence-corrected chi connectivity index (χ3v) is 7.52. The zero-order valence-electron chi connectivity index (χ0n) is 20.6. The molecule has 0 radical (unpaired) electrons. The molecule has 0 saturated heterocycles. The van der Waals surface area contributed by atoms with Crippen LogP contribution in [0.3, 0.4) is 0 Å². The monoisotopic (exact) mass is 450 g/mol. The average molecular weight is 451 g/mol. The molecule has 0 heterocycles. The standard InChI is InChI=1S/C35H30/c1-34(2,3)29-20-22-31-30-21-19-26(25-13-7-4-8-14-25)23-32(30)35(33(31)24-29,27-15-9-5-10-16-27)28-17-11-6-12-18-28/h4-24H,1-3H3. The van der Waals surface area contributed by atoms with Crippen LogP contribution in [0.4, 0.5) is 0 Å². The van der Waals surface area contributed by atoms with Crippen LogP contribution in [0.25, 0.3) is 22.3 Å². The molecule has 0 aromatic heterocycles. The lowest BCUT2D eigenvalue weighted by atomic mass is 9.67. The van der Waals surface area contributed by atoms with E-state index in [1.807, 2.05) is 0 Å². The zero-order valence-corrected chi connectivity index (χ0v) is 20.6. The van der Waals surface area contributed by atoms with Crippen LogP contribution < -0.4 is 0 Å². The quantitative estimate of drug-likeness (QED) is 0.252. The van der Waals surface area contributed by atoms with Crippen molar-refractivity contribution in [1.29, 1.82) is 0 Å². The van der Waals surface area contributed by atoms with Gasteiger partial charge in [-0.05, 0) is 61.6 Å². The summed E-state index contributed by atoms with van der Waals surface area (Å²) in [5, 5.41) is 0. The first-order chi connectivity index (χ1) is 17.0. The Kier molecular flexibility index (Phi) is 5.00. The largest absolute Gasteiger partial charge is 0.0713 e. The minimum absolute atomic E-state index is 0.0676. The number of hydrogen-bond donors (Lipinski definition) is 0. The van der Waals surface area contributed by atoms with Gasteiger partial charge >= 0.3 is 0 Å². The van der Waals surface area contributed by atoms with Crippen molar-refractivity contribution in [2.24, 2.45) is 0 Å². The van der Waals surface area contributed by atoms with Crippen LogP contribution in [0.2, 0.25) is 0 Å². The predicted molar refractivity (Wildman–Crippen MR) is 148 cm³/mol. The summed E-state index contributed by atoms with van der Waals surface area (Å²) in [7, 11) is 0. The Morgan fingerprint density at radius 1 is 0.457 bits per heavy atom. The molecular weight excluding hydrogens is 420 g/mol. The summed E-state index contributed by atoms with van der Waals surface area (Å²) in [6.45, 7) is 6.91. The van der Waals surface area contributed by atoms with Crippen molar-refractivity contribution in [1.82, 2.24) is 0 Å². The van der Waals surface area contributed by atoms with E-state index in [2.05, 4.69) is 148 Å². The van der Waals surface area contributed by atoms with E-state index in [1.54, 1.807) is 0 Å². The molecule has 0 fully saturated rings. The van der Waals surface area contributed by atoms with Crippen LogP contribution in [-0.2, 0) is 10.8 Å². The highest BCUT2D eigenvalue weighted by Crippen LogP contribution is 2.57. The predicted octanol–water partition coefficient (Wildman–Crippen LogP) is 9.01. The van der Waals surface area contributed by atoms with Gasteiger partial charge in [0.15, 0.2) is 0 Å². The minimum Gasteiger partial charge on any atom is -0.0622 e. The number of hydrogen-bond acceptors (Lipinski definition) is 0. The first-order valence-corrected chi connectivity index (χ1v) is 12.5. The SMILES string of the molecule is CC(C)(C)c1ccc2c(c1)C(c1ccccc1)(c1ccccc1)c1cc(-c3ccccc3)ccc1-2. The van der Waals surface area contributed by atoms with Crippen LogP contribution in [0.5, 0.6) is 0 Å². The Hall–Kier alpha value is -3.90. The van der Waals surface area contributed by atoms with E-state index in [-0.39, 0.29) is 10.8 Å². The first-order valence-electron chi connectivity index (χ1n) is 12.5. The van der Waals surface area contributed by atoms with Gasteiger partial charge in [-0.15, -0.1) is 0 Å². The van der Waals surface area contributed by atoms with Gasteiger partial charge in [-0.1, -0.05) is 142 Å². The maximum atomic E-state index is 2.47. The Morgan fingerprint density at radius 3 is 1.49 bits per heavy atom. The Bertz CT molecular complexity index is 1450. The lowest BCUT2D eigenvalue weighted by Gasteiger charge is -2.35. The second-order valence-electron chi connectivity index (χ2n) is 10.6. The van der Waals surface area contributed by atoms with Gasteiger partial charge in [0.1, 0.15) is 0 Å². The van der Waals surface area contributed by atoms with Gasteiger partial charge in [-0.2, -0.15) is 0 Å². The highest BCUT2D eigenvalue weighted by Gasteiger charge is 2.46. The smallest absolute Gasteiger partial charge is 0.0622 e. The van der Waals surface area contributed by atoms with Crippen LogP contribution in [-0.4, -0.2) is 0 Å². The average Bonchev–Trinajstić information content (AvgIpc) is 3.19. The van der Waals surface area contributed by atoms with E-state index < -0.39 is 0 Å². The normalized spacial score (nSPS) is 13.8. The molecule has 0 unspecified atom stereocenters. The van der Waals surface area contributed by atoms with Crippen molar-refractivity contribution in [2.45, 2.75) is 31.6 Å². The molecule has 0 saturated carbocycles. The highest BCUT2D eigenvalue weighted by atomic mass is 14.5. The van der Waals surface area contributed by atoms with E-state index in [1.165, 1.54) is 50.1 Å². The van der Waals surface area contributed by atoms with Crippen LogP contribution >= 0.6 is 0 Å². The summed E-state index contributed by atoms with van der Waals surface area (Å²) < 4.78 is 0. The molecule has 5 aromatic carbocycles. The molecule has 6 rings (SSSR count). The molecule has 0 heteroatoms. The lowest BCUT2D eigenvalue weighted by Crippen LogP contribution is -2.29. The Labute approximate surface area is 208 Å². The second-order valence-corrected chi connectivity index (χ2v) is 10.6. The summed E-state index contributed by atoms with van der Waals surface area (Å²) in [6.07, 6.45) is 0. The van der Waals surface area contributed by atoms with E-state index >= 15 is 0 Å². The van der Waals surface area contributed by atoms with Crippen molar-refractivity contribution in [2.75, 3.05) is 0 Å². The molecule has 0 spiro atoms. The van der Waals surface area contributed by atoms with Gasteiger partial charge in [0.25, 0.3) is 0 Å². The minimum atomic E-state index is -0.376. The van der Waals surface area contributed by atoms with Gasteiger partial charge in [0.05, 0.1) is 5.41 Å². The van der Waals surface area contributed by atoms with Crippen molar-refractivity contribution < 1.29 is 0 Å². The summed E-state index contributed by atoms with van der Waals surface area (Å²) >= 11 is 0. The fraction of sp³-hybridized carbons (Fsp3) is 0.143. The van der Waals surface area contributed by atoms with Gasteiger partial charge < -0.3 is 0 Å². The molecule has 0 aliphatic heterocycles. The molecule has 0 atom stereocenters. The van der Waals surface area contributed by atoms with E-state index in [0.717, 1.165) is 0 Å². The lowest BCUT2D eigenvalue weighted by molar-refractivity contribution is 0.588. The van der Waals surface area contributed by atoms with Crippen molar-refractivity contribution in [3.63, 3.8) is 0 Å². The Balaban J connectivity index is 1.75. The van der Waals surface area contributed by atoms with Gasteiger partial charge in [0, 0.05) is 0 Å². The summed E-state index contributed by atoms with van der Waals surface area (Å²) in [5.74, 6) is 0. The first kappa shape index (κ1) is 21.6. The fourth-order valence-corrected chi connectivity index (χ4v) is 5.77. The van der Waals surface area contributed by atoms with E-state index in [9.17, 15) is 0 Å². The third kappa shape index (κ3) is 3.36. The summed E-state index contributed by atoms with van der Waals surface area (Å²) in [5.41, 5.74) is 11.6. The second kappa shape index (κ2) is 8.10. The third-order valence-electron chi connectivity index (χ3n) is 7.52. The van der Waals surface area contributed by atoms with Gasteiger partial charge in [-0.3, -0.25) is 0 Å². The van der Waals surface area contributed by atoms with Crippen molar-refractivity contribution in [3.8, 4) is 22.3 Å².